The van der Waals surface area contributed by atoms with Crippen LogP contribution in [0.3, 0.4) is 0 Å². The van der Waals surface area contributed by atoms with Crippen LogP contribution in [0.25, 0.3) is 16.5 Å². The van der Waals surface area contributed by atoms with Gasteiger partial charge in [0.25, 0.3) is 0 Å². The Hall–Kier alpha value is -1.77. The van der Waals surface area contributed by atoms with Gasteiger partial charge in [0.15, 0.2) is 0 Å². The normalized spacial score (nSPS) is 9.93. The number of hydrogen-bond donors (Lipinski definition) is 0. The number of rotatable bonds is 4. The highest BCUT2D eigenvalue weighted by Gasteiger charge is 1.97. The van der Waals surface area contributed by atoms with Gasteiger partial charge in [-0.15, -0.1) is 0 Å². The lowest BCUT2D eigenvalue weighted by molar-refractivity contribution is 0.112. The highest BCUT2D eigenvalue weighted by Crippen LogP contribution is 2.18. The maximum absolute atomic E-state index is 10.5. The highest BCUT2D eigenvalue weighted by molar-refractivity contribution is 6.32. The quantitative estimate of drug-likeness (QED) is 0.332. The van der Waals surface area contributed by atoms with Crippen molar-refractivity contribution < 1.29 is 4.79 Å². The van der Waals surface area contributed by atoms with Gasteiger partial charge in [-0.3, -0.25) is 4.79 Å². The van der Waals surface area contributed by atoms with Crippen LogP contribution in [0, 0.1) is 0 Å². The van der Waals surface area contributed by atoms with E-state index in [9.17, 15) is 4.79 Å². The molecule has 15 heavy (non-hydrogen) atoms. The molecule has 0 saturated heterocycles. The van der Waals surface area contributed by atoms with Gasteiger partial charge in [-0.2, -0.15) is 0 Å². The summed E-state index contributed by atoms with van der Waals surface area (Å²) < 4.78 is 0. The van der Waals surface area contributed by atoms with Gasteiger partial charge in [0.2, 0.25) is 0 Å². The van der Waals surface area contributed by atoms with Gasteiger partial charge in [-0.1, -0.05) is 34.9 Å². The van der Waals surface area contributed by atoms with Gasteiger partial charge < -0.3 is 0 Å². The molecule has 0 atom stereocenters. The number of carbonyl (C=O) groups is 1. The monoisotopic (exact) mass is 221 g/mol. The fourth-order valence-electron chi connectivity index (χ4n) is 1.03. The number of carbonyl (C=O) groups excluding carboxylic acids is 1. The van der Waals surface area contributed by atoms with E-state index >= 15 is 0 Å². The predicted molar refractivity (Wildman–Crippen MR) is 59.9 cm³/mol. The Morgan fingerprint density at radius 1 is 1.53 bits per heavy atom. The van der Waals surface area contributed by atoms with Crippen LogP contribution < -0.4 is 0 Å². The third-order valence-electron chi connectivity index (χ3n) is 1.70. The molecule has 1 rings (SSSR count). The van der Waals surface area contributed by atoms with Crippen LogP contribution in [-0.4, -0.2) is 12.8 Å². The van der Waals surface area contributed by atoms with Gasteiger partial charge in [0, 0.05) is 22.0 Å². The molecule has 0 spiro atoms. The fraction of sp³-hybridized carbons (Fsp3) is 0.100. The number of azide groups is 1. The Labute approximate surface area is 91.8 Å². The standard InChI is InChI=1S/C10H8ClN3O/c11-10-4-3-8(7-15)6-9(10)2-1-5-13-14-12/h1-4,6-7H,5H2. The molecule has 0 saturated carbocycles. The largest absolute Gasteiger partial charge is 0.298 e. The van der Waals surface area contributed by atoms with Crippen LogP contribution in [0.2, 0.25) is 5.02 Å². The van der Waals surface area contributed by atoms with E-state index in [0.29, 0.717) is 10.6 Å². The molecule has 5 heteroatoms. The van der Waals surface area contributed by atoms with E-state index in [4.69, 9.17) is 17.1 Å². The maximum Gasteiger partial charge on any atom is 0.150 e. The van der Waals surface area contributed by atoms with Crippen molar-refractivity contribution in [1.29, 1.82) is 0 Å². The second kappa shape index (κ2) is 5.86. The van der Waals surface area contributed by atoms with Crippen molar-refractivity contribution in [2.45, 2.75) is 0 Å². The van der Waals surface area contributed by atoms with Crippen LogP contribution >= 0.6 is 11.6 Å². The Morgan fingerprint density at radius 3 is 3.00 bits per heavy atom. The molecule has 0 heterocycles. The van der Waals surface area contributed by atoms with Crippen molar-refractivity contribution in [2.24, 2.45) is 5.11 Å². The van der Waals surface area contributed by atoms with Gasteiger partial charge >= 0.3 is 0 Å². The lowest BCUT2D eigenvalue weighted by atomic mass is 10.1. The van der Waals surface area contributed by atoms with Crippen LogP contribution in [0.15, 0.2) is 29.4 Å². The van der Waals surface area contributed by atoms with Crippen LogP contribution in [0.5, 0.6) is 0 Å². The molecule has 1 aromatic rings. The van der Waals surface area contributed by atoms with Crippen molar-refractivity contribution in [2.75, 3.05) is 6.54 Å². The summed E-state index contributed by atoms with van der Waals surface area (Å²) in [5.74, 6) is 0. The topological polar surface area (TPSA) is 65.8 Å². The summed E-state index contributed by atoms with van der Waals surface area (Å²) in [4.78, 5) is 13.1. The van der Waals surface area contributed by atoms with E-state index in [1.54, 1.807) is 30.4 Å². The summed E-state index contributed by atoms with van der Waals surface area (Å²) in [5.41, 5.74) is 9.34. The van der Waals surface area contributed by atoms with Gasteiger partial charge in [0.1, 0.15) is 6.29 Å². The molecule has 0 aliphatic carbocycles. The third kappa shape index (κ3) is 3.46. The number of halogens is 1. The van der Waals surface area contributed by atoms with Crippen molar-refractivity contribution in [1.82, 2.24) is 0 Å². The highest BCUT2D eigenvalue weighted by atomic mass is 35.5. The van der Waals surface area contributed by atoms with E-state index in [1.807, 2.05) is 0 Å². The molecule has 0 radical (unpaired) electrons. The van der Waals surface area contributed by atoms with Crippen molar-refractivity contribution >= 4 is 24.0 Å². The second-order valence-electron chi connectivity index (χ2n) is 2.71. The summed E-state index contributed by atoms with van der Waals surface area (Å²) in [5, 5.41) is 3.89. The molecule has 0 aromatic heterocycles. The molecule has 0 unspecified atom stereocenters. The van der Waals surface area contributed by atoms with Crippen molar-refractivity contribution in [3.63, 3.8) is 0 Å². The lowest BCUT2D eigenvalue weighted by Gasteiger charge is -1.98. The Bertz CT molecular complexity index is 436. The second-order valence-corrected chi connectivity index (χ2v) is 3.12. The summed E-state index contributed by atoms with van der Waals surface area (Å²) in [6.07, 6.45) is 4.14. The molecule has 4 nitrogen and oxygen atoms in total. The molecule has 0 N–H and O–H groups in total. The average Bonchev–Trinajstić information content (AvgIpc) is 2.26. The Morgan fingerprint density at radius 2 is 2.33 bits per heavy atom. The molecule has 1 aromatic carbocycles. The zero-order chi connectivity index (χ0) is 11.1. The molecular formula is C10H8ClN3O. The smallest absolute Gasteiger partial charge is 0.150 e. The molecule has 76 valence electrons. The van der Waals surface area contributed by atoms with Gasteiger partial charge in [-0.25, -0.2) is 0 Å². The minimum absolute atomic E-state index is 0.262. The third-order valence-corrected chi connectivity index (χ3v) is 2.05. The van der Waals surface area contributed by atoms with Gasteiger partial charge in [-0.05, 0) is 23.2 Å². The number of hydrogen-bond acceptors (Lipinski definition) is 2. The molecule has 0 bridgehead atoms. The first kappa shape index (κ1) is 11.3. The maximum atomic E-state index is 10.5. The zero-order valence-electron chi connectivity index (χ0n) is 7.80. The van der Waals surface area contributed by atoms with Crippen molar-refractivity contribution in [3.8, 4) is 0 Å². The first-order valence-electron chi connectivity index (χ1n) is 4.20. The van der Waals surface area contributed by atoms with E-state index in [0.717, 1.165) is 11.8 Å². The first-order valence-corrected chi connectivity index (χ1v) is 4.58. The summed E-state index contributed by atoms with van der Waals surface area (Å²) in [6, 6.07) is 4.96. The minimum atomic E-state index is 0.262. The van der Waals surface area contributed by atoms with E-state index in [2.05, 4.69) is 10.0 Å². The average molecular weight is 222 g/mol. The van der Waals surface area contributed by atoms with E-state index < -0.39 is 0 Å². The summed E-state index contributed by atoms with van der Waals surface area (Å²) >= 11 is 5.90. The number of benzene rings is 1. The molecular weight excluding hydrogens is 214 g/mol. The first-order chi connectivity index (χ1) is 7.27. The summed E-state index contributed by atoms with van der Waals surface area (Å²) in [7, 11) is 0. The lowest BCUT2D eigenvalue weighted by Crippen LogP contribution is -1.82. The fourth-order valence-corrected chi connectivity index (χ4v) is 1.21. The predicted octanol–water partition coefficient (Wildman–Crippen LogP) is 3.48. The summed E-state index contributed by atoms with van der Waals surface area (Å²) in [6.45, 7) is 0.262. The Kier molecular flexibility index (Phi) is 4.41. The Balaban J connectivity index is 2.87. The minimum Gasteiger partial charge on any atom is -0.298 e. The molecule has 0 aliphatic rings. The zero-order valence-corrected chi connectivity index (χ0v) is 8.55. The van der Waals surface area contributed by atoms with E-state index in [1.165, 1.54) is 0 Å². The van der Waals surface area contributed by atoms with E-state index in [-0.39, 0.29) is 6.54 Å². The molecule has 0 amide bonds. The van der Waals surface area contributed by atoms with Crippen LogP contribution in [-0.2, 0) is 0 Å². The van der Waals surface area contributed by atoms with Crippen LogP contribution in [0.1, 0.15) is 15.9 Å². The van der Waals surface area contributed by atoms with Gasteiger partial charge in [0.05, 0.1) is 0 Å². The SMILES string of the molecule is [N-]=[N+]=NCC=Cc1cc(C=O)ccc1Cl. The van der Waals surface area contributed by atoms with Crippen LogP contribution in [0.4, 0.5) is 0 Å². The number of nitrogens with zero attached hydrogens (tertiary/aromatic N) is 3. The number of aldehydes is 1. The molecule has 0 fully saturated rings. The molecule has 0 aliphatic heterocycles. The van der Waals surface area contributed by atoms with Crippen molar-refractivity contribution in [3.05, 3.63) is 50.9 Å².